The number of hydrogen-bond acceptors (Lipinski definition) is 3. The normalized spacial score (nSPS) is 16.7. The molecule has 5 heteroatoms. The van der Waals surface area contributed by atoms with E-state index >= 15 is 0 Å². The Balaban J connectivity index is 1.91. The van der Waals surface area contributed by atoms with Gasteiger partial charge in [-0.05, 0) is 45.7 Å². The van der Waals surface area contributed by atoms with E-state index in [2.05, 4.69) is 28.9 Å². The molecular formula is C16H28N4O. The van der Waals surface area contributed by atoms with Crippen LogP contribution in [0.4, 0.5) is 0 Å². The summed E-state index contributed by atoms with van der Waals surface area (Å²) < 4.78 is 0. The maximum Gasteiger partial charge on any atom is 0.257 e. The molecule has 1 aromatic rings. The second kappa shape index (κ2) is 7.07. The number of nitrogens with zero attached hydrogens (tertiary/aromatic N) is 3. The maximum absolute atomic E-state index is 12.6. The highest BCUT2D eigenvalue weighted by molar-refractivity contribution is 5.96. The van der Waals surface area contributed by atoms with Crippen LogP contribution in [0.25, 0.3) is 0 Å². The van der Waals surface area contributed by atoms with Gasteiger partial charge in [-0.2, -0.15) is 5.10 Å². The molecule has 0 aliphatic carbocycles. The molecule has 0 unspecified atom stereocenters. The number of amides is 1. The first-order chi connectivity index (χ1) is 10.1. The number of aromatic amines is 1. The van der Waals surface area contributed by atoms with Crippen molar-refractivity contribution in [1.82, 2.24) is 20.0 Å². The number of carbonyl (C=O) groups excluding carboxylic acids is 1. The van der Waals surface area contributed by atoms with Crippen LogP contribution < -0.4 is 0 Å². The summed E-state index contributed by atoms with van der Waals surface area (Å²) in [7, 11) is 0. The highest BCUT2D eigenvalue weighted by Crippen LogP contribution is 2.21. The van der Waals surface area contributed by atoms with E-state index in [4.69, 9.17) is 0 Å². The summed E-state index contributed by atoms with van der Waals surface area (Å²) in [6.45, 7) is 13.4. The van der Waals surface area contributed by atoms with Crippen LogP contribution in [-0.2, 0) is 0 Å². The van der Waals surface area contributed by atoms with Crippen molar-refractivity contribution >= 4 is 5.91 Å². The van der Waals surface area contributed by atoms with Gasteiger partial charge in [-0.15, -0.1) is 0 Å². The summed E-state index contributed by atoms with van der Waals surface area (Å²) in [4.78, 5) is 17.1. The number of rotatable bonds is 5. The first kappa shape index (κ1) is 16.0. The Bertz CT molecular complexity index is 451. The smallest absolute Gasteiger partial charge is 0.257 e. The summed E-state index contributed by atoms with van der Waals surface area (Å²) in [5.74, 6) is 0.862. The Morgan fingerprint density at radius 2 is 1.90 bits per heavy atom. The number of aromatic nitrogens is 2. The molecule has 118 valence electrons. The van der Waals surface area contributed by atoms with Gasteiger partial charge in [-0.1, -0.05) is 13.8 Å². The number of likely N-dealkylation sites (tertiary alicyclic amines) is 1. The van der Waals surface area contributed by atoms with Crippen molar-refractivity contribution in [3.05, 3.63) is 17.0 Å². The van der Waals surface area contributed by atoms with Crippen molar-refractivity contribution in [1.29, 1.82) is 0 Å². The molecule has 1 aliphatic heterocycles. The third-order valence-corrected chi connectivity index (χ3v) is 4.65. The van der Waals surface area contributed by atoms with Gasteiger partial charge in [0, 0.05) is 25.3 Å². The minimum atomic E-state index is 0.139. The summed E-state index contributed by atoms with van der Waals surface area (Å²) >= 11 is 0. The lowest BCUT2D eigenvalue weighted by molar-refractivity contribution is 0.0668. The van der Waals surface area contributed by atoms with Crippen LogP contribution in [0.15, 0.2) is 0 Å². The van der Waals surface area contributed by atoms with Crippen LogP contribution >= 0.6 is 0 Å². The Labute approximate surface area is 127 Å². The Morgan fingerprint density at radius 3 is 2.38 bits per heavy atom. The van der Waals surface area contributed by atoms with Gasteiger partial charge in [0.1, 0.15) is 0 Å². The first-order valence-electron chi connectivity index (χ1n) is 8.10. The van der Waals surface area contributed by atoms with E-state index in [1.54, 1.807) is 0 Å². The van der Waals surface area contributed by atoms with Crippen molar-refractivity contribution in [3.63, 3.8) is 0 Å². The van der Waals surface area contributed by atoms with Crippen LogP contribution in [0.2, 0.25) is 0 Å². The average molecular weight is 292 g/mol. The van der Waals surface area contributed by atoms with Gasteiger partial charge >= 0.3 is 0 Å². The first-order valence-corrected chi connectivity index (χ1v) is 8.10. The highest BCUT2D eigenvalue weighted by atomic mass is 16.2. The molecule has 0 spiro atoms. The van der Waals surface area contributed by atoms with E-state index in [9.17, 15) is 4.79 Å². The molecule has 1 aliphatic rings. The van der Waals surface area contributed by atoms with Gasteiger partial charge in [0.2, 0.25) is 0 Å². The second-order valence-electron chi connectivity index (χ2n) is 6.03. The van der Waals surface area contributed by atoms with Crippen LogP contribution in [-0.4, -0.2) is 58.6 Å². The summed E-state index contributed by atoms with van der Waals surface area (Å²) in [5, 5.41) is 7.03. The molecule has 0 saturated carbocycles. The lowest BCUT2D eigenvalue weighted by Crippen LogP contribution is -2.41. The molecule has 0 atom stereocenters. The number of piperidine rings is 1. The Kier molecular flexibility index (Phi) is 5.39. The fraction of sp³-hybridized carbons (Fsp3) is 0.750. The molecule has 1 aromatic heterocycles. The maximum atomic E-state index is 12.6. The zero-order valence-corrected chi connectivity index (χ0v) is 13.8. The van der Waals surface area contributed by atoms with Crippen LogP contribution in [0, 0.1) is 19.8 Å². The predicted octanol–water partition coefficient (Wildman–Crippen LogP) is 2.22. The van der Waals surface area contributed by atoms with Crippen LogP contribution in [0.3, 0.4) is 0 Å². The third kappa shape index (κ3) is 3.64. The number of hydrogen-bond donors (Lipinski definition) is 1. The zero-order valence-electron chi connectivity index (χ0n) is 13.8. The molecular weight excluding hydrogens is 264 g/mol. The van der Waals surface area contributed by atoms with Crippen molar-refractivity contribution in [2.75, 3.05) is 32.7 Å². The number of carbonyl (C=O) groups is 1. The molecule has 21 heavy (non-hydrogen) atoms. The number of aryl methyl sites for hydroxylation is 2. The van der Waals surface area contributed by atoms with E-state index in [0.717, 1.165) is 61.9 Å². The topological polar surface area (TPSA) is 52.2 Å². The van der Waals surface area contributed by atoms with Crippen molar-refractivity contribution in [2.45, 2.75) is 40.5 Å². The standard InChI is InChI=1S/C16H28N4O/c1-5-19(6-2)11-14-7-9-20(10-8-14)16(21)15-12(3)17-18-13(15)4/h14H,5-11H2,1-4H3,(H,17,18). The van der Waals surface area contributed by atoms with E-state index in [1.165, 1.54) is 6.54 Å². The van der Waals surface area contributed by atoms with Gasteiger partial charge in [-0.3, -0.25) is 9.89 Å². The molecule has 2 heterocycles. The number of H-pyrrole nitrogens is 1. The molecule has 2 rings (SSSR count). The van der Waals surface area contributed by atoms with Gasteiger partial charge in [0.15, 0.2) is 0 Å². The Hall–Kier alpha value is -1.36. The minimum Gasteiger partial charge on any atom is -0.339 e. The fourth-order valence-corrected chi connectivity index (χ4v) is 3.19. The van der Waals surface area contributed by atoms with Crippen molar-refractivity contribution in [2.24, 2.45) is 5.92 Å². The minimum absolute atomic E-state index is 0.139. The van der Waals surface area contributed by atoms with Crippen LogP contribution in [0.1, 0.15) is 48.4 Å². The van der Waals surface area contributed by atoms with Gasteiger partial charge in [0.05, 0.1) is 11.3 Å². The van der Waals surface area contributed by atoms with Gasteiger partial charge in [-0.25, -0.2) is 0 Å². The fourth-order valence-electron chi connectivity index (χ4n) is 3.19. The summed E-state index contributed by atoms with van der Waals surface area (Å²) in [5.41, 5.74) is 2.45. The quantitative estimate of drug-likeness (QED) is 0.905. The van der Waals surface area contributed by atoms with Crippen LogP contribution in [0.5, 0.6) is 0 Å². The molecule has 1 N–H and O–H groups in total. The predicted molar refractivity (Wildman–Crippen MR) is 84.5 cm³/mol. The third-order valence-electron chi connectivity index (χ3n) is 4.65. The monoisotopic (exact) mass is 292 g/mol. The molecule has 0 bridgehead atoms. The molecule has 1 saturated heterocycles. The number of nitrogens with one attached hydrogen (secondary N) is 1. The molecule has 0 radical (unpaired) electrons. The van der Waals surface area contributed by atoms with Gasteiger partial charge < -0.3 is 9.80 Å². The zero-order chi connectivity index (χ0) is 15.4. The summed E-state index contributed by atoms with van der Waals surface area (Å²) in [6, 6.07) is 0. The van der Waals surface area contributed by atoms with E-state index in [-0.39, 0.29) is 5.91 Å². The molecule has 1 fully saturated rings. The largest absolute Gasteiger partial charge is 0.339 e. The Morgan fingerprint density at radius 1 is 1.29 bits per heavy atom. The van der Waals surface area contributed by atoms with Gasteiger partial charge in [0.25, 0.3) is 5.91 Å². The SMILES string of the molecule is CCN(CC)CC1CCN(C(=O)c2c(C)n[nH]c2C)CC1. The van der Waals surface area contributed by atoms with E-state index in [0.29, 0.717) is 0 Å². The molecule has 0 aromatic carbocycles. The lowest BCUT2D eigenvalue weighted by Gasteiger charge is -2.34. The van der Waals surface area contributed by atoms with Crippen molar-refractivity contribution < 1.29 is 4.79 Å². The molecule has 1 amide bonds. The van der Waals surface area contributed by atoms with E-state index in [1.807, 2.05) is 18.7 Å². The average Bonchev–Trinajstić information content (AvgIpc) is 2.84. The lowest BCUT2D eigenvalue weighted by atomic mass is 9.95. The summed E-state index contributed by atoms with van der Waals surface area (Å²) in [6.07, 6.45) is 2.22. The highest BCUT2D eigenvalue weighted by Gasteiger charge is 2.27. The molecule has 5 nitrogen and oxygen atoms in total. The van der Waals surface area contributed by atoms with Crippen molar-refractivity contribution in [3.8, 4) is 0 Å². The van der Waals surface area contributed by atoms with E-state index < -0.39 is 0 Å². The second-order valence-corrected chi connectivity index (χ2v) is 6.03.